The Balaban J connectivity index is 2.29. The van der Waals surface area contributed by atoms with Crippen LogP contribution >= 0.6 is 11.6 Å². The lowest BCUT2D eigenvalue weighted by Gasteiger charge is -2.35. The molecule has 3 heteroatoms. The lowest BCUT2D eigenvalue weighted by Crippen LogP contribution is -2.41. The van der Waals surface area contributed by atoms with Gasteiger partial charge in [0.05, 0.1) is 0 Å². The third-order valence-corrected chi connectivity index (χ3v) is 5.33. The normalized spacial score (nSPS) is 19.5. The third kappa shape index (κ3) is 2.34. The van der Waals surface area contributed by atoms with Crippen LogP contribution < -0.4 is 4.90 Å². The first-order chi connectivity index (χ1) is 10.3. The summed E-state index contributed by atoms with van der Waals surface area (Å²) >= 11 is 6.67. The highest BCUT2D eigenvalue weighted by atomic mass is 35.5. The van der Waals surface area contributed by atoms with Gasteiger partial charge in [-0.05, 0) is 38.1 Å². The van der Waals surface area contributed by atoms with Crippen LogP contribution in [0.4, 0.5) is 5.69 Å². The highest BCUT2D eigenvalue weighted by Crippen LogP contribution is 2.49. The van der Waals surface area contributed by atoms with E-state index in [2.05, 4.69) is 38.7 Å². The Morgan fingerprint density at radius 2 is 1.91 bits per heavy atom. The van der Waals surface area contributed by atoms with Crippen LogP contribution in [0.1, 0.15) is 45.6 Å². The molecule has 2 aromatic carbocycles. The first kappa shape index (κ1) is 15.5. The smallest absolute Gasteiger partial charge is 0.125 e. The van der Waals surface area contributed by atoms with E-state index in [1.807, 2.05) is 24.3 Å². The molecule has 118 valence electrons. The molecule has 0 unspecified atom stereocenters. The van der Waals surface area contributed by atoms with Crippen LogP contribution in [0.25, 0.3) is 10.8 Å². The van der Waals surface area contributed by atoms with Crippen molar-refractivity contribution in [1.82, 2.24) is 0 Å². The van der Waals surface area contributed by atoms with Crippen molar-refractivity contribution in [2.75, 3.05) is 11.4 Å². The maximum absolute atomic E-state index is 10.4. The Labute approximate surface area is 137 Å². The van der Waals surface area contributed by atoms with Crippen LogP contribution in [0, 0.1) is 0 Å². The SMILES string of the molecule is CC[C@@H](Cl)[C@@H]1CN(C(C)(C)C)c2cc(O)c3ccccc3c21. The molecule has 0 spiro atoms. The molecule has 0 aliphatic carbocycles. The van der Waals surface area contributed by atoms with E-state index in [1.54, 1.807) is 0 Å². The Morgan fingerprint density at radius 3 is 2.50 bits per heavy atom. The molecule has 1 heterocycles. The van der Waals surface area contributed by atoms with E-state index in [1.165, 1.54) is 5.56 Å². The summed E-state index contributed by atoms with van der Waals surface area (Å²) in [6.45, 7) is 9.68. The van der Waals surface area contributed by atoms with Crippen LogP contribution in [-0.2, 0) is 0 Å². The number of rotatable bonds is 2. The molecule has 1 aliphatic heterocycles. The zero-order valence-electron chi connectivity index (χ0n) is 13.7. The fraction of sp³-hybridized carbons (Fsp3) is 0.474. The maximum Gasteiger partial charge on any atom is 0.125 e. The van der Waals surface area contributed by atoms with E-state index in [9.17, 15) is 5.11 Å². The number of halogens is 1. The predicted octanol–water partition coefficient (Wildman–Crippen LogP) is 5.26. The van der Waals surface area contributed by atoms with Crippen molar-refractivity contribution in [2.24, 2.45) is 0 Å². The first-order valence-electron chi connectivity index (χ1n) is 8.01. The molecule has 0 aromatic heterocycles. The van der Waals surface area contributed by atoms with Crippen molar-refractivity contribution < 1.29 is 5.11 Å². The van der Waals surface area contributed by atoms with Gasteiger partial charge in [0, 0.05) is 40.5 Å². The van der Waals surface area contributed by atoms with Gasteiger partial charge in [0.1, 0.15) is 5.75 Å². The minimum absolute atomic E-state index is 0.00273. The highest BCUT2D eigenvalue weighted by Gasteiger charge is 2.39. The van der Waals surface area contributed by atoms with Crippen molar-refractivity contribution >= 4 is 28.1 Å². The zero-order valence-corrected chi connectivity index (χ0v) is 14.5. The lowest BCUT2D eigenvalue weighted by atomic mass is 9.91. The van der Waals surface area contributed by atoms with Gasteiger partial charge in [-0.15, -0.1) is 11.6 Å². The lowest BCUT2D eigenvalue weighted by molar-refractivity contribution is 0.478. The Morgan fingerprint density at radius 1 is 1.27 bits per heavy atom. The van der Waals surface area contributed by atoms with E-state index in [-0.39, 0.29) is 10.9 Å². The molecule has 0 saturated carbocycles. The van der Waals surface area contributed by atoms with E-state index in [0.29, 0.717) is 11.7 Å². The average Bonchev–Trinajstić information content (AvgIpc) is 2.86. The van der Waals surface area contributed by atoms with Gasteiger partial charge in [-0.1, -0.05) is 31.2 Å². The second kappa shape index (κ2) is 5.34. The summed E-state index contributed by atoms with van der Waals surface area (Å²) in [5.74, 6) is 0.651. The number of benzene rings is 2. The van der Waals surface area contributed by atoms with E-state index < -0.39 is 0 Å². The van der Waals surface area contributed by atoms with Crippen molar-refractivity contribution in [2.45, 2.75) is 50.9 Å². The van der Waals surface area contributed by atoms with Crippen LogP contribution in [0.15, 0.2) is 30.3 Å². The third-order valence-electron chi connectivity index (χ3n) is 4.72. The summed E-state index contributed by atoms with van der Waals surface area (Å²) < 4.78 is 0. The highest BCUT2D eigenvalue weighted by molar-refractivity contribution is 6.21. The van der Waals surface area contributed by atoms with Crippen LogP contribution in [0.5, 0.6) is 5.75 Å². The minimum atomic E-state index is 0.00273. The zero-order chi connectivity index (χ0) is 16.1. The van der Waals surface area contributed by atoms with Gasteiger partial charge in [0.15, 0.2) is 0 Å². The monoisotopic (exact) mass is 317 g/mol. The van der Waals surface area contributed by atoms with Crippen molar-refractivity contribution in [3.63, 3.8) is 0 Å². The van der Waals surface area contributed by atoms with Crippen LogP contribution in [0.3, 0.4) is 0 Å². The summed E-state index contributed by atoms with van der Waals surface area (Å²) in [6, 6.07) is 10.0. The van der Waals surface area contributed by atoms with E-state index in [0.717, 1.165) is 29.4 Å². The second-order valence-corrected chi connectivity index (χ2v) is 7.75. The molecule has 3 rings (SSSR count). The fourth-order valence-corrected chi connectivity index (χ4v) is 3.78. The molecular weight excluding hydrogens is 294 g/mol. The van der Waals surface area contributed by atoms with Gasteiger partial charge in [0.2, 0.25) is 0 Å². The number of aromatic hydroxyl groups is 1. The number of anilines is 1. The topological polar surface area (TPSA) is 23.5 Å². The fourth-order valence-electron chi connectivity index (χ4n) is 3.58. The summed E-state index contributed by atoms with van der Waals surface area (Å²) in [5, 5.41) is 12.6. The Hall–Kier alpha value is -1.41. The largest absolute Gasteiger partial charge is 0.507 e. The summed E-state index contributed by atoms with van der Waals surface area (Å²) in [6.07, 6.45) is 0.943. The molecule has 2 nitrogen and oxygen atoms in total. The molecule has 22 heavy (non-hydrogen) atoms. The van der Waals surface area contributed by atoms with Gasteiger partial charge in [-0.3, -0.25) is 0 Å². The number of alkyl halides is 1. The molecule has 0 amide bonds. The number of hydrogen-bond donors (Lipinski definition) is 1. The van der Waals surface area contributed by atoms with Crippen molar-refractivity contribution in [3.8, 4) is 5.75 Å². The number of fused-ring (bicyclic) bond motifs is 3. The predicted molar refractivity (Wildman–Crippen MR) is 95.4 cm³/mol. The van der Waals surface area contributed by atoms with Crippen LogP contribution in [0.2, 0.25) is 0 Å². The number of hydrogen-bond acceptors (Lipinski definition) is 2. The summed E-state index contributed by atoms with van der Waals surface area (Å²) in [5.41, 5.74) is 2.43. The summed E-state index contributed by atoms with van der Waals surface area (Å²) in [7, 11) is 0. The quantitative estimate of drug-likeness (QED) is 0.763. The molecule has 0 bridgehead atoms. The van der Waals surface area contributed by atoms with E-state index in [4.69, 9.17) is 11.6 Å². The van der Waals surface area contributed by atoms with Gasteiger partial charge in [-0.25, -0.2) is 0 Å². The second-order valence-electron chi connectivity index (χ2n) is 7.19. The molecule has 2 aromatic rings. The molecule has 2 atom stereocenters. The Kier molecular flexibility index (Phi) is 3.76. The van der Waals surface area contributed by atoms with Crippen molar-refractivity contribution in [1.29, 1.82) is 0 Å². The molecule has 0 saturated heterocycles. The molecule has 1 N–H and O–H groups in total. The number of phenols is 1. The standard InChI is InChI=1S/C19H24ClNO/c1-5-15(20)14-11-21(19(2,3)4)16-10-17(22)12-8-6-7-9-13(12)18(14)16/h6-10,14-15,22H,5,11H2,1-4H3/t14-,15+/m0/s1. The van der Waals surface area contributed by atoms with Gasteiger partial charge in [0.25, 0.3) is 0 Å². The first-order valence-corrected chi connectivity index (χ1v) is 8.44. The van der Waals surface area contributed by atoms with Gasteiger partial charge >= 0.3 is 0 Å². The number of nitrogens with zero attached hydrogens (tertiary/aromatic N) is 1. The molecule has 0 radical (unpaired) electrons. The van der Waals surface area contributed by atoms with Crippen molar-refractivity contribution in [3.05, 3.63) is 35.9 Å². The molecule has 0 fully saturated rings. The maximum atomic E-state index is 10.4. The average molecular weight is 318 g/mol. The molecule has 1 aliphatic rings. The van der Waals surface area contributed by atoms with E-state index >= 15 is 0 Å². The van der Waals surface area contributed by atoms with Crippen LogP contribution in [-0.4, -0.2) is 22.6 Å². The molecular formula is C19H24ClNO. The minimum Gasteiger partial charge on any atom is -0.507 e. The summed E-state index contributed by atoms with van der Waals surface area (Å²) in [4.78, 5) is 2.38. The van der Waals surface area contributed by atoms with Gasteiger partial charge < -0.3 is 10.0 Å². The number of phenolic OH excluding ortho intramolecular Hbond substituents is 1. The Bertz CT molecular complexity index is 704. The van der Waals surface area contributed by atoms with Gasteiger partial charge in [-0.2, -0.15) is 0 Å².